The van der Waals surface area contributed by atoms with Gasteiger partial charge in [-0.2, -0.15) is 0 Å². The minimum Gasteiger partial charge on any atom is -0.496 e. The van der Waals surface area contributed by atoms with Gasteiger partial charge in [-0.1, -0.05) is 0 Å². The first-order valence-electron chi connectivity index (χ1n) is 6.87. The first-order chi connectivity index (χ1) is 11.1. The highest BCUT2D eigenvalue weighted by Crippen LogP contribution is 2.35. The molecular formula is C17H16O6. The minimum atomic E-state index is -0.207. The van der Waals surface area contributed by atoms with Crippen LogP contribution in [0.4, 0.5) is 0 Å². The summed E-state index contributed by atoms with van der Waals surface area (Å²) >= 11 is 0. The van der Waals surface area contributed by atoms with E-state index in [1.807, 2.05) is 0 Å². The Bertz CT molecular complexity index is 941. The van der Waals surface area contributed by atoms with Gasteiger partial charge < -0.3 is 23.4 Å². The van der Waals surface area contributed by atoms with Crippen molar-refractivity contribution in [1.82, 2.24) is 0 Å². The zero-order valence-electron chi connectivity index (χ0n) is 13.3. The molecule has 3 aromatic rings. The van der Waals surface area contributed by atoms with Crippen LogP contribution in [0.2, 0.25) is 0 Å². The fourth-order valence-corrected chi connectivity index (χ4v) is 2.52. The van der Waals surface area contributed by atoms with Crippen molar-refractivity contribution in [3.05, 3.63) is 34.5 Å². The summed E-state index contributed by atoms with van der Waals surface area (Å²) in [7, 11) is 6.06. The Hall–Kier alpha value is -2.89. The summed E-state index contributed by atoms with van der Waals surface area (Å²) in [6, 6.07) is 6.52. The van der Waals surface area contributed by atoms with Crippen LogP contribution in [0.25, 0.3) is 21.9 Å². The molecule has 0 radical (unpaired) electrons. The van der Waals surface area contributed by atoms with E-state index in [2.05, 4.69) is 0 Å². The van der Waals surface area contributed by atoms with Gasteiger partial charge in [-0.05, 0) is 6.07 Å². The maximum atomic E-state index is 12.9. The summed E-state index contributed by atoms with van der Waals surface area (Å²) in [5, 5.41) is 0.742. The van der Waals surface area contributed by atoms with Crippen molar-refractivity contribution in [2.75, 3.05) is 28.4 Å². The number of methoxy groups -OCH3 is 4. The molecule has 0 atom stereocenters. The van der Waals surface area contributed by atoms with E-state index in [-0.39, 0.29) is 5.43 Å². The molecule has 1 heterocycles. The van der Waals surface area contributed by atoms with Gasteiger partial charge in [-0.25, -0.2) is 0 Å². The van der Waals surface area contributed by atoms with E-state index >= 15 is 0 Å². The number of hydrogen-bond acceptors (Lipinski definition) is 6. The van der Waals surface area contributed by atoms with Crippen LogP contribution in [0.3, 0.4) is 0 Å². The van der Waals surface area contributed by atoms with Crippen LogP contribution in [0.15, 0.2) is 33.5 Å². The molecule has 6 nitrogen and oxygen atoms in total. The number of fused-ring (bicyclic) bond motifs is 2. The second-order valence-electron chi connectivity index (χ2n) is 4.84. The zero-order chi connectivity index (χ0) is 16.6. The predicted octanol–water partition coefficient (Wildman–Crippen LogP) is 2.98. The Balaban J connectivity index is 2.47. The van der Waals surface area contributed by atoms with Crippen molar-refractivity contribution in [2.24, 2.45) is 0 Å². The van der Waals surface area contributed by atoms with Gasteiger partial charge >= 0.3 is 0 Å². The van der Waals surface area contributed by atoms with Gasteiger partial charge in [-0.15, -0.1) is 0 Å². The number of hydrogen-bond donors (Lipinski definition) is 0. The van der Waals surface area contributed by atoms with Crippen molar-refractivity contribution < 1.29 is 23.4 Å². The summed E-state index contributed by atoms with van der Waals surface area (Å²) in [4.78, 5) is 12.9. The molecule has 0 aliphatic carbocycles. The molecule has 0 amide bonds. The Morgan fingerprint density at radius 2 is 1.39 bits per heavy atom. The molecule has 3 rings (SSSR count). The Labute approximate surface area is 132 Å². The van der Waals surface area contributed by atoms with Crippen LogP contribution in [-0.2, 0) is 0 Å². The lowest BCUT2D eigenvalue weighted by Crippen LogP contribution is -2.05. The van der Waals surface area contributed by atoms with Crippen LogP contribution in [0, 0.1) is 0 Å². The summed E-state index contributed by atoms with van der Waals surface area (Å²) < 4.78 is 26.9. The van der Waals surface area contributed by atoms with E-state index in [1.165, 1.54) is 28.4 Å². The maximum Gasteiger partial charge on any atom is 0.204 e. The van der Waals surface area contributed by atoms with Crippen molar-refractivity contribution >= 4 is 21.9 Å². The molecule has 0 aliphatic rings. The summed E-state index contributed by atoms with van der Waals surface area (Å²) in [6.45, 7) is 0. The van der Waals surface area contributed by atoms with E-state index in [9.17, 15) is 4.79 Å². The highest BCUT2D eigenvalue weighted by atomic mass is 16.5. The second kappa shape index (κ2) is 5.72. The molecule has 120 valence electrons. The third kappa shape index (κ3) is 2.32. The standard InChI is InChI=1S/C17H16O6/c1-19-9-5-14(22-4)16-15(6-9)23-11-8-13(21-3)12(20-2)7-10(11)17(16)18/h5-8H,1-4H3. The Morgan fingerprint density at radius 1 is 0.739 bits per heavy atom. The van der Waals surface area contributed by atoms with E-state index in [1.54, 1.807) is 24.3 Å². The van der Waals surface area contributed by atoms with Crippen LogP contribution >= 0.6 is 0 Å². The molecule has 0 saturated carbocycles. The van der Waals surface area contributed by atoms with Gasteiger partial charge in [-0.3, -0.25) is 4.79 Å². The number of benzene rings is 2. The fraction of sp³-hybridized carbons (Fsp3) is 0.235. The molecular weight excluding hydrogens is 300 g/mol. The molecule has 0 spiro atoms. The van der Waals surface area contributed by atoms with Gasteiger partial charge in [0.05, 0.1) is 33.8 Å². The molecule has 0 N–H and O–H groups in total. The predicted molar refractivity (Wildman–Crippen MR) is 86.2 cm³/mol. The van der Waals surface area contributed by atoms with Gasteiger partial charge in [0.15, 0.2) is 11.5 Å². The van der Waals surface area contributed by atoms with Gasteiger partial charge in [0, 0.05) is 18.2 Å². The lowest BCUT2D eigenvalue weighted by molar-refractivity contribution is 0.355. The van der Waals surface area contributed by atoms with Crippen molar-refractivity contribution in [2.45, 2.75) is 0 Å². The molecule has 0 saturated heterocycles. The first-order valence-corrected chi connectivity index (χ1v) is 6.87. The lowest BCUT2D eigenvalue weighted by Gasteiger charge is -2.11. The van der Waals surface area contributed by atoms with E-state index in [0.717, 1.165) is 0 Å². The van der Waals surface area contributed by atoms with Crippen LogP contribution < -0.4 is 24.4 Å². The van der Waals surface area contributed by atoms with Crippen molar-refractivity contribution in [3.63, 3.8) is 0 Å². The lowest BCUT2D eigenvalue weighted by atomic mass is 10.1. The van der Waals surface area contributed by atoms with Crippen LogP contribution in [0.5, 0.6) is 23.0 Å². The zero-order valence-corrected chi connectivity index (χ0v) is 13.3. The average molecular weight is 316 g/mol. The quantitative estimate of drug-likeness (QED) is 0.689. The van der Waals surface area contributed by atoms with Crippen molar-refractivity contribution in [3.8, 4) is 23.0 Å². The van der Waals surface area contributed by atoms with E-state index < -0.39 is 0 Å². The Kier molecular flexibility index (Phi) is 3.73. The topological polar surface area (TPSA) is 67.1 Å². The van der Waals surface area contributed by atoms with Gasteiger partial charge in [0.25, 0.3) is 0 Å². The number of ether oxygens (including phenoxy) is 4. The normalized spacial score (nSPS) is 10.8. The largest absolute Gasteiger partial charge is 0.496 e. The molecule has 0 unspecified atom stereocenters. The molecule has 23 heavy (non-hydrogen) atoms. The highest BCUT2D eigenvalue weighted by Gasteiger charge is 2.17. The maximum absolute atomic E-state index is 12.9. The third-order valence-electron chi connectivity index (χ3n) is 3.67. The summed E-state index contributed by atoms with van der Waals surface area (Å²) in [5.41, 5.74) is 0.572. The highest BCUT2D eigenvalue weighted by molar-refractivity contribution is 5.95. The van der Waals surface area contributed by atoms with E-state index in [0.29, 0.717) is 44.9 Å². The molecule has 2 aromatic carbocycles. The first kappa shape index (κ1) is 15.0. The molecule has 0 aliphatic heterocycles. The van der Waals surface area contributed by atoms with E-state index in [4.69, 9.17) is 23.4 Å². The number of rotatable bonds is 4. The van der Waals surface area contributed by atoms with Gasteiger partial charge in [0.2, 0.25) is 5.43 Å². The monoisotopic (exact) mass is 316 g/mol. The van der Waals surface area contributed by atoms with Crippen LogP contribution in [-0.4, -0.2) is 28.4 Å². The molecule has 6 heteroatoms. The van der Waals surface area contributed by atoms with Crippen molar-refractivity contribution in [1.29, 1.82) is 0 Å². The van der Waals surface area contributed by atoms with Crippen LogP contribution in [0.1, 0.15) is 0 Å². The summed E-state index contributed by atoms with van der Waals surface area (Å²) in [5.74, 6) is 1.87. The average Bonchev–Trinajstić information content (AvgIpc) is 2.59. The second-order valence-corrected chi connectivity index (χ2v) is 4.84. The molecule has 0 bridgehead atoms. The van der Waals surface area contributed by atoms with Gasteiger partial charge in [0.1, 0.15) is 28.1 Å². The SMILES string of the molecule is COc1cc(OC)c2c(=O)c3cc(OC)c(OC)cc3oc2c1. The minimum absolute atomic E-state index is 0.207. The third-order valence-corrected chi connectivity index (χ3v) is 3.67. The summed E-state index contributed by atoms with van der Waals surface area (Å²) in [6.07, 6.45) is 0. The Morgan fingerprint density at radius 3 is 2.00 bits per heavy atom. The fourth-order valence-electron chi connectivity index (χ4n) is 2.52. The smallest absolute Gasteiger partial charge is 0.204 e. The molecule has 1 aromatic heterocycles. The molecule has 0 fully saturated rings.